The Bertz CT molecular complexity index is 601. The summed E-state index contributed by atoms with van der Waals surface area (Å²) in [6.07, 6.45) is -8.92. The summed E-state index contributed by atoms with van der Waals surface area (Å²) in [5, 5.41) is 8.51. The highest BCUT2D eigenvalue weighted by molar-refractivity contribution is 5.34. The molecule has 0 aliphatic rings. The summed E-state index contributed by atoms with van der Waals surface area (Å²) in [4.78, 5) is 0. The Morgan fingerprint density at radius 3 is 1.75 bits per heavy atom. The van der Waals surface area contributed by atoms with Crippen molar-refractivity contribution in [3.63, 3.8) is 0 Å². The van der Waals surface area contributed by atoms with Crippen LogP contribution in [0.4, 0.5) is 39.5 Å². The second-order valence-corrected chi connectivity index (χ2v) is 4.59. The molecule has 11 heteroatoms. The molecule has 0 radical (unpaired) electrons. The van der Waals surface area contributed by atoms with Gasteiger partial charge in [0, 0.05) is 0 Å². The minimum Gasteiger partial charge on any atom is -0.493 e. The molecule has 2 nitrogen and oxygen atoms in total. The van der Waals surface area contributed by atoms with Gasteiger partial charge in [-0.1, -0.05) is 0 Å². The number of rotatable bonds is 6. The molecule has 0 spiro atoms. The first-order valence-electron chi connectivity index (χ1n) is 6.09. The molecule has 1 aromatic rings. The SMILES string of the molecule is N#Cc1ccc(OCCC(F)(F)C(F)(F)C(F)(F)C(F)(F)F)cc1. The molecular formula is C13H8F9NO. The van der Waals surface area contributed by atoms with Crippen molar-refractivity contribution in [3.05, 3.63) is 29.8 Å². The lowest BCUT2D eigenvalue weighted by atomic mass is 10.0. The van der Waals surface area contributed by atoms with E-state index in [0.29, 0.717) is 0 Å². The molecule has 134 valence electrons. The largest absolute Gasteiger partial charge is 0.493 e. The van der Waals surface area contributed by atoms with Crippen molar-refractivity contribution in [2.45, 2.75) is 30.4 Å². The number of alkyl halides is 9. The highest BCUT2D eigenvalue weighted by Crippen LogP contribution is 2.53. The highest BCUT2D eigenvalue weighted by atomic mass is 19.4. The van der Waals surface area contributed by atoms with E-state index in [1.54, 1.807) is 6.07 Å². The van der Waals surface area contributed by atoms with E-state index in [9.17, 15) is 39.5 Å². The zero-order valence-electron chi connectivity index (χ0n) is 11.5. The van der Waals surface area contributed by atoms with Crippen LogP contribution in [0.1, 0.15) is 12.0 Å². The molecule has 0 unspecified atom stereocenters. The Hall–Kier alpha value is -2.12. The van der Waals surface area contributed by atoms with E-state index in [4.69, 9.17) is 5.26 Å². The predicted octanol–water partition coefficient (Wildman–Crippen LogP) is 4.80. The van der Waals surface area contributed by atoms with Gasteiger partial charge < -0.3 is 4.74 Å². The number of nitriles is 1. The molecule has 0 bridgehead atoms. The van der Waals surface area contributed by atoms with Crippen LogP contribution in [0.2, 0.25) is 0 Å². The lowest BCUT2D eigenvalue weighted by molar-refractivity contribution is -0.397. The van der Waals surface area contributed by atoms with Crippen LogP contribution < -0.4 is 4.74 Å². The van der Waals surface area contributed by atoms with Crippen molar-refractivity contribution < 1.29 is 44.3 Å². The van der Waals surface area contributed by atoms with Gasteiger partial charge in [-0.3, -0.25) is 0 Å². The van der Waals surface area contributed by atoms with E-state index >= 15 is 0 Å². The van der Waals surface area contributed by atoms with E-state index in [1.165, 1.54) is 12.1 Å². The molecule has 1 aromatic carbocycles. The van der Waals surface area contributed by atoms with Crippen molar-refractivity contribution in [3.8, 4) is 11.8 Å². The molecule has 0 aromatic heterocycles. The normalized spacial score (nSPS) is 13.5. The molecule has 24 heavy (non-hydrogen) atoms. The molecule has 0 atom stereocenters. The van der Waals surface area contributed by atoms with Crippen LogP contribution >= 0.6 is 0 Å². The van der Waals surface area contributed by atoms with Gasteiger partial charge in [-0.25, -0.2) is 0 Å². The topological polar surface area (TPSA) is 33.0 Å². The molecule has 0 amide bonds. The molecule has 0 aliphatic heterocycles. The summed E-state index contributed by atoms with van der Waals surface area (Å²) in [5.74, 6) is -19.4. The smallest absolute Gasteiger partial charge is 0.460 e. The van der Waals surface area contributed by atoms with Crippen molar-refractivity contribution in [1.29, 1.82) is 5.26 Å². The van der Waals surface area contributed by atoms with Gasteiger partial charge in [0.25, 0.3) is 0 Å². The van der Waals surface area contributed by atoms with Crippen LogP contribution in [-0.2, 0) is 0 Å². The number of halogens is 9. The van der Waals surface area contributed by atoms with Crippen molar-refractivity contribution in [1.82, 2.24) is 0 Å². The first-order valence-corrected chi connectivity index (χ1v) is 6.09. The molecule has 0 saturated heterocycles. The maximum atomic E-state index is 13.2. The summed E-state index contributed by atoms with van der Waals surface area (Å²) in [7, 11) is 0. The fourth-order valence-corrected chi connectivity index (χ4v) is 1.49. The van der Waals surface area contributed by atoms with Crippen LogP contribution in [0.15, 0.2) is 24.3 Å². The molecule has 0 saturated carbocycles. The van der Waals surface area contributed by atoms with E-state index in [0.717, 1.165) is 12.1 Å². The highest BCUT2D eigenvalue weighted by Gasteiger charge is 2.81. The minimum atomic E-state index is -6.90. The van der Waals surface area contributed by atoms with E-state index in [2.05, 4.69) is 4.74 Å². The lowest BCUT2D eigenvalue weighted by Gasteiger charge is -2.33. The van der Waals surface area contributed by atoms with E-state index in [1.807, 2.05) is 0 Å². The quantitative estimate of drug-likeness (QED) is 0.679. The average molecular weight is 365 g/mol. The van der Waals surface area contributed by atoms with Gasteiger partial charge in [-0.15, -0.1) is 0 Å². The van der Waals surface area contributed by atoms with Gasteiger partial charge in [0.05, 0.1) is 24.7 Å². The summed E-state index contributed by atoms with van der Waals surface area (Å²) in [6, 6.07) is 6.33. The Morgan fingerprint density at radius 2 is 1.33 bits per heavy atom. The third-order valence-electron chi connectivity index (χ3n) is 2.88. The number of nitrogens with zero attached hydrogens (tertiary/aromatic N) is 1. The van der Waals surface area contributed by atoms with Crippen LogP contribution in [0.25, 0.3) is 0 Å². The van der Waals surface area contributed by atoms with Crippen LogP contribution in [0, 0.1) is 11.3 Å². The molecule has 0 aliphatic carbocycles. The van der Waals surface area contributed by atoms with Crippen LogP contribution in [0.5, 0.6) is 5.75 Å². The third kappa shape index (κ3) is 3.68. The Kier molecular flexibility index (Phi) is 5.32. The number of hydrogen-bond donors (Lipinski definition) is 0. The molecule has 1 rings (SSSR count). The maximum absolute atomic E-state index is 13.2. The van der Waals surface area contributed by atoms with Crippen LogP contribution in [-0.4, -0.2) is 30.6 Å². The van der Waals surface area contributed by atoms with Gasteiger partial charge in [-0.2, -0.15) is 44.8 Å². The van der Waals surface area contributed by atoms with Gasteiger partial charge in [0.2, 0.25) is 0 Å². The number of hydrogen-bond acceptors (Lipinski definition) is 2. The Morgan fingerprint density at radius 1 is 0.833 bits per heavy atom. The zero-order valence-corrected chi connectivity index (χ0v) is 11.5. The third-order valence-corrected chi connectivity index (χ3v) is 2.88. The minimum absolute atomic E-state index is 0.157. The Labute approximate surface area is 129 Å². The molecule has 0 fully saturated rings. The standard InChI is InChI=1S/C13H8F9NO/c14-10(15,11(16,17)12(18,19)13(20,21)22)5-6-24-9-3-1-8(7-23)2-4-9/h1-4H,5-6H2. The maximum Gasteiger partial charge on any atom is 0.460 e. The van der Waals surface area contributed by atoms with Crippen molar-refractivity contribution >= 4 is 0 Å². The van der Waals surface area contributed by atoms with Gasteiger partial charge in [0.1, 0.15) is 5.75 Å². The zero-order chi connectivity index (χ0) is 18.8. The molecular weight excluding hydrogens is 357 g/mol. The number of benzene rings is 1. The van der Waals surface area contributed by atoms with Gasteiger partial charge in [-0.05, 0) is 24.3 Å². The lowest BCUT2D eigenvalue weighted by Crippen LogP contribution is -2.61. The summed E-state index contributed by atoms with van der Waals surface area (Å²) < 4.78 is 118. The monoisotopic (exact) mass is 365 g/mol. The van der Waals surface area contributed by atoms with Gasteiger partial charge in [0.15, 0.2) is 0 Å². The van der Waals surface area contributed by atoms with Crippen LogP contribution in [0.3, 0.4) is 0 Å². The first-order chi connectivity index (χ1) is 10.8. The number of ether oxygens (including phenoxy) is 1. The fraction of sp³-hybridized carbons (Fsp3) is 0.462. The predicted molar refractivity (Wildman–Crippen MR) is 62.2 cm³/mol. The molecule has 0 heterocycles. The average Bonchev–Trinajstić information content (AvgIpc) is 2.46. The second-order valence-electron chi connectivity index (χ2n) is 4.59. The fourth-order valence-electron chi connectivity index (χ4n) is 1.49. The summed E-state index contributed by atoms with van der Waals surface area (Å²) in [6.45, 7) is -1.25. The first kappa shape index (κ1) is 19.9. The summed E-state index contributed by atoms with van der Waals surface area (Å²) in [5.41, 5.74) is 0.170. The Balaban J connectivity index is 2.79. The second kappa shape index (κ2) is 6.41. The van der Waals surface area contributed by atoms with E-state index in [-0.39, 0.29) is 11.3 Å². The molecule has 0 N–H and O–H groups in total. The van der Waals surface area contributed by atoms with E-state index < -0.39 is 37.0 Å². The van der Waals surface area contributed by atoms with Gasteiger partial charge >= 0.3 is 23.9 Å². The van der Waals surface area contributed by atoms with Crippen molar-refractivity contribution in [2.24, 2.45) is 0 Å². The van der Waals surface area contributed by atoms with Crippen molar-refractivity contribution in [2.75, 3.05) is 6.61 Å². The summed E-state index contributed by atoms with van der Waals surface area (Å²) >= 11 is 0.